The van der Waals surface area contributed by atoms with Gasteiger partial charge in [0.25, 0.3) is 5.91 Å². The van der Waals surface area contributed by atoms with E-state index in [1.807, 2.05) is 26.0 Å². The number of aryl methyl sites for hydroxylation is 2. The van der Waals surface area contributed by atoms with Crippen molar-refractivity contribution in [3.8, 4) is 0 Å². The topological polar surface area (TPSA) is 63.4 Å². The van der Waals surface area contributed by atoms with Gasteiger partial charge in [0.1, 0.15) is 11.4 Å². The predicted octanol–water partition coefficient (Wildman–Crippen LogP) is 5.91. The van der Waals surface area contributed by atoms with Crippen LogP contribution in [0.1, 0.15) is 38.9 Å². The molecule has 1 aliphatic rings. The molecule has 1 amide bonds. The lowest BCUT2D eigenvalue weighted by molar-refractivity contribution is 0.0971. The molecule has 2 aromatic heterocycles. The highest BCUT2D eigenvalue weighted by molar-refractivity contribution is 7.22. The molecular formula is C26H17FN2O3S. The van der Waals surface area contributed by atoms with Crippen LogP contribution >= 0.6 is 11.3 Å². The van der Waals surface area contributed by atoms with Crippen molar-refractivity contribution < 1.29 is 13.6 Å². The van der Waals surface area contributed by atoms with E-state index in [9.17, 15) is 14.0 Å². The summed E-state index contributed by atoms with van der Waals surface area (Å²) < 4.78 is 20.6. The molecule has 0 saturated heterocycles. The lowest BCUT2D eigenvalue weighted by Crippen LogP contribution is -2.29. The summed E-state index contributed by atoms with van der Waals surface area (Å²) in [6.07, 6.45) is 0. The molecule has 1 aliphatic heterocycles. The summed E-state index contributed by atoms with van der Waals surface area (Å²) in [5.41, 5.74) is 3.86. The predicted molar refractivity (Wildman–Crippen MR) is 127 cm³/mol. The van der Waals surface area contributed by atoms with E-state index < -0.39 is 17.8 Å². The maximum absolute atomic E-state index is 13.7. The minimum Gasteiger partial charge on any atom is -0.450 e. The molecule has 0 N–H and O–H groups in total. The van der Waals surface area contributed by atoms with E-state index in [0.717, 1.165) is 21.3 Å². The normalized spacial score (nSPS) is 15.5. The molecule has 0 spiro atoms. The Hall–Kier alpha value is -3.84. The summed E-state index contributed by atoms with van der Waals surface area (Å²) in [6.45, 7) is 3.99. The highest BCUT2D eigenvalue weighted by Crippen LogP contribution is 2.44. The van der Waals surface area contributed by atoms with Crippen molar-refractivity contribution in [2.45, 2.75) is 19.9 Å². The number of aromatic nitrogens is 1. The Kier molecular flexibility index (Phi) is 4.25. The van der Waals surface area contributed by atoms with Crippen LogP contribution in [-0.2, 0) is 0 Å². The summed E-state index contributed by atoms with van der Waals surface area (Å²) in [5.74, 6) is -0.831. The van der Waals surface area contributed by atoms with Crippen LogP contribution in [0.2, 0.25) is 0 Å². The molecule has 1 unspecified atom stereocenters. The van der Waals surface area contributed by atoms with Gasteiger partial charge in [0.2, 0.25) is 5.76 Å². The number of hydrogen-bond donors (Lipinski definition) is 0. The van der Waals surface area contributed by atoms with Gasteiger partial charge in [0.05, 0.1) is 27.2 Å². The van der Waals surface area contributed by atoms with Crippen LogP contribution in [0, 0.1) is 19.7 Å². The van der Waals surface area contributed by atoms with Crippen molar-refractivity contribution in [1.29, 1.82) is 0 Å². The molecule has 1 atom stereocenters. The maximum atomic E-state index is 13.7. The van der Waals surface area contributed by atoms with E-state index in [4.69, 9.17) is 9.40 Å². The van der Waals surface area contributed by atoms with Gasteiger partial charge < -0.3 is 4.42 Å². The second-order valence-corrected chi connectivity index (χ2v) is 9.23. The average molecular weight is 456 g/mol. The summed E-state index contributed by atoms with van der Waals surface area (Å²) >= 11 is 1.39. The third-order valence-electron chi connectivity index (χ3n) is 5.99. The monoisotopic (exact) mass is 456 g/mol. The number of nitrogens with zero attached hydrogens (tertiary/aromatic N) is 2. The van der Waals surface area contributed by atoms with Crippen LogP contribution in [0.15, 0.2) is 69.9 Å². The van der Waals surface area contributed by atoms with Crippen molar-refractivity contribution in [3.63, 3.8) is 0 Å². The summed E-state index contributed by atoms with van der Waals surface area (Å²) in [6, 6.07) is 16.0. The fraction of sp³-hybridized carbons (Fsp3) is 0.115. The van der Waals surface area contributed by atoms with Crippen molar-refractivity contribution in [1.82, 2.24) is 4.98 Å². The van der Waals surface area contributed by atoms with Gasteiger partial charge >= 0.3 is 0 Å². The Bertz CT molecular complexity index is 1650. The van der Waals surface area contributed by atoms with Crippen LogP contribution in [0.4, 0.5) is 9.52 Å². The van der Waals surface area contributed by atoms with Gasteiger partial charge in [-0.2, -0.15) is 0 Å². The van der Waals surface area contributed by atoms with E-state index in [2.05, 4.69) is 0 Å². The van der Waals surface area contributed by atoms with Crippen LogP contribution in [0.5, 0.6) is 0 Å². The van der Waals surface area contributed by atoms with Gasteiger partial charge in [-0.15, -0.1) is 0 Å². The Morgan fingerprint density at radius 1 is 1.03 bits per heavy atom. The zero-order valence-corrected chi connectivity index (χ0v) is 18.6. The molecule has 162 valence electrons. The Morgan fingerprint density at radius 3 is 2.58 bits per heavy atom. The smallest absolute Gasteiger partial charge is 0.297 e. The number of halogens is 1. The number of para-hydroxylation sites is 1. The molecule has 0 fully saturated rings. The highest BCUT2D eigenvalue weighted by atomic mass is 32.1. The average Bonchev–Trinajstić information content (AvgIpc) is 3.34. The van der Waals surface area contributed by atoms with Gasteiger partial charge in [-0.25, -0.2) is 9.37 Å². The molecule has 7 heteroatoms. The molecule has 6 rings (SSSR count). The quantitative estimate of drug-likeness (QED) is 0.331. The van der Waals surface area contributed by atoms with Gasteiger partial charge in [-0.3, -0.25) is 14.5 Å². The first kappa shape index (κ1) is 19.8. The number of amides is 1. The summed E-state index contributed by atoms with van der Waals surface area (Å²) in [5, 5.41) is 0.863. The number of rotatable bonds is 2. The van der Waals surface area contributed by atoms with Gasteiger partial charge in [-0.05, 0) is 60.9 Å². The SMILES string of the molecule is Cc1cc(C)c2nc(N3C(=O)c4oc5ccccc5c(=O)c4C3c3ccc(F)cc3)sc2c1. The molecule has 0 bridgehead atoms. The maximum Gasteiger partial charge on any atom is 0.297 e. The molecule has 0 radical (unpaired) electrons. The molecule has 5 nitrogen and oxygen atoms in total. The fourth-order valence-corrected chi connectivity index (χ4v) is 5.71. The number of fused-ring (bicyclic) bond motifs is 3. The standard InChI is InChI=1S/C26H17FN2O3S/c1-13-11-14(2)21-19(12-13)33-26(28-21)29-22(15-7-9-16(27)10-8-15)20-23(30)17-5-3-4-6-18(17)32-24(20)25(29)31/h3-12,22H,1-2H3. The van der Waals surface area contributed by atoms with E-state index in [1.165, 1.54) is 28.4 Å². The fourth-order valence-electron chi connectivity index (χ4n) is 4.54. The first-order chi connectivity index (χ1) is 15.9. The van der Waals surface area contributed by atoms with Crippen LogP contribution in [0.3, 0.4) is 0 Å². The molecule has 0 aliphatic carbocycles. The first-order valence-electron chi connectivity index (χ1n) is 10.4. The zero-order valence-electron chi connectivity index (χ0n) is 17.8. The second-order valence-electron chi connectivity index (χ2n) is 8.22. The first-order valence-corrected chi connectivity index (χ1v) is 11.3. The lowest BCUT2D eigenvalue weighted by atomic mass is 9.99. The second kappa shape index (κ2) is 7.08. The number of anilines is 1. The van der Waals surface area contributed by atoms with E-state index in [0.29, 0.717) is 21.7 Å². The largest absolute Gasteiger partial charge is 0.450 e. The number of carbonyl (C=O) groups is 1. The Labute approximate surface area is 191 Å². The van der Waals surface area contributed by atoms with Gasteiger partial charge in [0.15, 0.2) is 10.6 Å². The third-order valence-corrected chi connectivity index (χ3v) is 6.99. The van der Waals surface area contributed by atoms with Crippen molar-refractivity contribution in [3.05, 3.63) is 105 Å². The Morgan fingerprint density at radius 2 is 1.79 bits per heavy atom. The van der Waals surface area contributed by atoms with Crippen LogP contribution < -0.4 is 10.3 Å². The van der Waals surface area contributed by atoms with Crippen molar-refractivity contribution in [2.75, 3.05) is 4.90 Å². The summed E-state index contributed by atoms with van der Waals surface area (Å²) in [7, 11) is 0. The minimum atomic E-state index is -0.768. The molecular weight excluding hydrogens is 439 g/mol. The third kappa shape index (κ3) is 2.93. The Balaban J connectivity index is 1.64. The van der Waals surface area contributed by atoms with Crippen LogP contribution in [-0.4, -0.2) is 10.9 Å². The molecule has 3 heterocycles. The van der Waals surface area contributed by atoms with E-state index in [1.54, 1.807) is 36.4 Å². The van der Waals surface area contributed by atoms with Crippen molar-refractivity contribution in [2.24, 2.45) is 0 Å². The van der Waals surface area contributed by atoms with Crippen LogP contribution in [0.25, 0.3) is 21.2 Å². The summed E-state index contributed by atoms with van der Waals surface area (Å²) in [4.78, 5) is 33.5. The number of benzene rings is 3. The minimum absolute atomic E-state index is 0.000170. The molecule has 3 aromatic carbocycles. The number of hydrogen-bond acceptors (Lipinski definition) is 5. The highest BCUT2D eigenvalue weighted by Gasteiger charge is 2.45. The van der Waals surface area contributed by atoms with Gasteiger partial charge in [0, 0.05) is 0 Å². The zero-order chi connectivity index (χ0) is 22.9. The lowest BCUT2D eigenvalue weighted by Gasteiger charge is -2.22. The number of carbonyl (C=O) groups excluding carboxylic acids is 1. The molecule has 33 heavy (non-hydrogen) atoms. The van der Waals surface area contributed by atoms with E-state index in [-0.39, 0.29) is 16.8 Å². The number of thiazole rings is 1. The molecule has 0 saturated carbocycles. The van der Waals surface area contributed by atoms with Crippen molar-refractivity contribution >= 4 is 43.6 Å². The van der Waals surface area contributed by atoms with Gasteiger partial charge in [-0.1, -0.05) is 41.7 Å². The molecule has 5 aromatic rings. The van der Waals surface area contributed by atoms with E-state index >= 15 is 0 Å².